The summed E-state index contributed by atoms with van der Waals surface area (Å²) in [5.41, 5.74) is 0. The number of alkyl halides is 1. The fraction of sp³-hybridized carbons (Fsp3) is 1.00. The van der Waals surface area contributed by atoms with Gasteiger partial charge in [-0.15, -0.1) is 0 Å². The smallest absolute Gasteiger partial charge is 0.116 e. The predicted octanol–water partition coefficient (Wildman–Crippen LogP) is 1.70. The van der Waals surface area contributed by atoms with Crippen molar-refractivity contribution in [2.45, 2.75) is 32.5 Å². The lowest BCUT2D eigenvalue weighted by molar-refractivity contribution is -0.0883. The van der Waals surface area contributed by atoms with Crippen LogP contribution in [0.4, 0.5) is 4.39 Å². The highest BCUT2D eigenvalue weighted by molar-refractivity contribution is 4.87. The predicted molar refractivity (Wildman–Crippen MR) is 54.0 cm³/mol. The van der Waals surface area contributed by atoms with Crippen molar-refractivity contribution in [1.29, 1.82) is 0 Å². The third-order valence-corrected chi connectivity index (χ3v) is 3.62. The first kappa shape index (κ1) is 10.4. The zero-order valence-electron chi connectivity index (χ0n) is 9.08. The molecule has 0 N–H and O–H groups in total. The topological polar surface area (TPSA) is 12.5 Å². The van der Waals surface area contributed by atoms with E-state index in [2.05, 4.69) is 18.7 Å². The molecule has 2 heterocycles. The molecule has 2 nitrogen and oxygen atoms in total. The van der Waals surface area contributed by atoms with Crippen molar-refractivity contribution >= 4 is 0 Å². The fourth-order valence-electron chi connectivity index (χ4n) is 2.46. The van der Waals surface area contributed by atoms with Crippen LogP contribution in [0.3, 0.4) is 0 Å². The summed E-state index contributed by atoms with van der Waals surface area (Å²) in [5, 5.41) is 0. The van der Waals surface area contributed by atoms with E-state index in [1.165, 1.54) is 0 Å². The molecular weight excluding hydrogens is 181 g/mol. The highest BCUT2D eigenvalue weighted by Gasteiger charge is 2.36. The third kappa shape index (κ3) is 1.94. The molecular formula is C11H20FNO. The van der Waals surface area contributed by atoms with Gasteiger partial charge in [0, 0.05) is 6.54 Å². The summed E-state index contributed by atoms with van der Waals surface area (Å²) in [7, 11) is 0. The van der Waals surface area contributed by atoms with Crippen molar-refractivity contribution in [3.63, 3.8) is 0 Å². The molecule has 2 fully saturated rings. The van der Waals surface area contributed by atoms with Crippen molar-refractivity contribution < 1.29 is 9.13 Å². The van der Waals surface area contributed by atoms with Crippen LogP contribution in [0.1, 0.15) is 20.3 Å². The number of likely N-dealkylation sites (tertiary alicyclic amines) is 1. The summed E-state index contributed by atoms with van der Waals surface area (Å²) in [6.07, 6.45) is 0.374. The molecule has 2 saturated heterocycles. The first-order chi connectivity index (χ1) is 6.68. The summed E-state index contributed by atoms with van der Waals surface area (Å²) >= 11 is 0. The summed E-state index contributed by atoms with van der Waals surface area (Å²) in [6.45, 7) is 7.53. The molecule has 0 aromatic rings. The molecule has 2 atom stereocenters. The van der Waals surface area contributed by atoms with Gasteiger partial charge >= 0.3 is 0 Å². The highest BCUT2D eigenvalue weighted by Crippen LogP contribution is 2.29. The number of piperidine rings is 1. The molecule has 14 heavy (non-hydrogen) atoms. The Kier molecular flexibility index (Phi) is 3.07. The van der Waals surface area contributed by atoms with E-state index in [0.29, 0.717) is 18.5 Å². The summed E-state index contributed by atoms with van der Waals surface area (Å²) in [5.74, 6) is 0.747. The molecule has 82 valence electrons. The van der Waals surface area contributed by atoms with E-state index in [0.717, 1.165) is 26.2 Å². The maximum absolute atomic E-state index is 13.8. The van der Waals surface area contributed by atoms with Gasteiger partial charge in [0.2, 0.25) is 0 Å². The van der Waals surface area contributed by atoms with Gasteiger partial charge in [0.15, 0.2) is 0 Å². The van der Waals surface area contributed by atoms with Gasteiger partial charge in [-0.3, -0.25) is 4.90 Å². The molecule has 0 spiro atoms. The minimum atomic E-state index is -0.635. The van der Waals surface area contributed by atoms with E-state index in [-0.39, 0.29) is 5.92 Å². The lowest BCUT2D eigenvalue weighted by Crippen LogP contribution is -2.55. The summed E-state index contributed by atoms with van der Waals surface area (Å²) in [6, 6.07) is 0.501. The first-order valence-electron chi connectivity index (χ1n) is 5.64. The van der Waals surface area contributed by atoms with Crippen molar-refractivity contribution in [2.24, 2.45) is 11.8 Å². The number of hydrogen-bond donors (Lipinski definition) is 0. The molecule has 0 aromatic heterocycles. The van der Waals surface area contributed by atoms with Crippen LogP contribution in [-0.2, 0) is 4.74 Å². The minimum absolute atomic E-state index is 0.271. The molecule has 0 saturated carbocycles. The first-order valence-corrected chi connectivity index (χ1v) is 5.64. The van der Waals surface area contributed by atoms with Crippen molar-refractivity contribution in [2.75, 3.05) is 26.3 Å². The van der Waals surface area contributed by atoms with Gasteiger partial charge in [0.25, 0.3) is 0 Å². The van der Waals surface area contributed by atoms with Crippen LogP contribution in [0.2, 0.25) is 0 Å². The van der Waals surface area contributed by atoms with Gasteiger partial charge in [-0.25, -0.2) is 4.39 Å². The fourth-order valence-corrected chi connectivity index (χ4v) is 2.46. The van der Waals surface area contributed by atoms with Crippen molar-refractivity contribution in [1.82, 2.24) is 4.90 Å². The third-order valence-electron chi connectivity index (χ3n) is 3.62. The zero-order valence-corrected chi connectivity index (χ0v) is 9.08. The number of nitrogens with zero attached hydrogens (tertiary/aromatic N) is 1. The summed E-state index contributed by atoms with van der Waals surface area (Å²) in [4.78, 5) is 2.26. The standard InChI is InChI=1S/C11H20FNO/c1-8(2)10-3-4-13(5-11(10)12)9-6-14-7-9/h8-11H,3-7H2,1-2H3. The van der Waals surface area contributed by atoms with Crippen LogP contribution >= 0.6 is 0 Å². The highest BCUT2D eigenvalue weighted by atomic mass is 19.1. The average molecular weight is 201 g/mol. The molecule has 0 bridgehead atoms. The van der Waals surface area contributed by atoms with Crippen LogP contribution in [0.5, 0.6) is 0 Å². The number of halogens is 1. The normalized spacial score (nSPS) is 36.0. The van der Waals surface area contributed by atoms with Crippen LogP contribution in [0, 0.1) is 11.8 Å². The second kappa shape index (κ2) is 4.15. The van der Waals surface area contributed by atoms with E-state index in [9.17, 15) is 4.39 Å². The maximum Gasteiger partial charge on any atom is 0.116 e. The Bertz CT molecular complexity index is 194. The molecule has 0 aliphatic carbocycles. The van der Waals surface area contributed by atoms with Crippen LogP contribution < -0.4 is 0 Å². The Labute approximate surface area is 85.4 Å². The second-order valence-electron chi connectivity index (χ2n) is 4.90. The number of hydrogen-bond acceptors (Lipinski definition) is 2. The van der Waals surface area contributed by atoms with Crippen molar-refractivity contribution in [3.8, 4) is 0 Å². The Hall–Kier alpha value is -0.150. The Morgan fingerprint density at radius 2 is 2.07 bits per heavy atom. The van der Waals surface area contributed by atoms with Gasteiger partial charge in [0.05, 0.1) is 19.3 Å². The molecule has 2 aliphatic heterocycles. The second-order valence-corrected chi connectivity index (χ2v) is 4.90. The van der Waals surface area contributed by atoms with Gasteiger partial charge in [-0.05, 0) is 24.8 Å². The van der Waals surface area contributed by atoms with Crippen molar-refractivity contribution in [3.05, 3.63) is 0 Å². The van der Waals surface area contributed by atoms with Crippen LogP contribution in [-0.4, -0.2) is 43.4 Å². The molecule has 0 radical (unpaired) electrons. The minimum Gasteiger partial charge on any atom is -0.378 e. The average Bonchev–Trinajstić information content (AvgIpc) is 2.00. The largest absolute Gasteiger partial charge is 0.378 e. The van der Waals surface area contributed by atoms with E-state index < -0.39 is 6.17 Å². The molecule has 2 unspecified atom stereocenters. The molecule has 0 amide bonds. The summed E-state index contributed by atoms with van der Waals surface area (Å²) < 4.78 is 18.9. The van der Waals surface area contributed by atoms with Gasteiger partial charge in [0.1, 0.15) is 6.17 Å². The van der Waals surface area contributed by atoms with Gasteiger partial charge in [-0.1, -0.05) is 13.8 Å². The van der Waals surface area contributed by atoms with E-state index >= 15 is 0 Å². The molecule has 3 heteroatoms. The maximum atomic E-state index is 13.8. The van der Waals surface area contributed by atoms with Crippen LogP contribution in [0.15, 0.2) is 0 Å². The number of ether oxygens (including phenoxy) is 1. The Balaban J connectivity index is 1.85. The quantitative estimate of drug-likeness (QED) is 0.674. The molecule has 0 aromatic carbocycles. The molecule has 2 rings (SSSR count). The Morgan fingerprint density at radius 1 is 1.36 bits per heavy atom. The lowest BCUT2D eigenvalue weighted by atomic mass is 9.84. The monoisotopic (exact) mass is 201 g/mol. The van der Waals surface area contributed by atoms with E-state index in [1.54, 1.807) is 0 Å². The van der Waals surface area contributed by atoms with E-state index in [4.69, 9.17) is 4.74 Å². The van der Waals surface area contributed by atoms with Gasteiger partial charge in [-0.2, -0.15) is 0 Å². The Morgan fingerprint density at radius 3 is 2.50 bits per heavy atom. The number of rotatable bonds is 2. The van der Waals surface area contributed by atoms with Crippen LogP contribution in [0.25, 0.3) is 0 Å². The SMILES string of the molecule is CC(C)C1CCN(C2COC2)CC1F. The lowest BCUT2D eigenvalue weighted by Gasteiger charge is -2.43. The van der Waals surface area contributed by atoms with Gasteiger partial charge < -0.3 is 4.74 Å². The molecule has 2 aliphatic rings. The van der Waals surface area contributed by atoms with E-state index in [1.807, 2.05) is 0 Å². The zero-order chi connectivity index (χ0) is 10.1.